The van der Waals surface area contributed by atoms with E-state index >= 15 is 0 Å². The number of ether oxygens (including phenoxy) is 2. The van der Waals surface area contributed by atoms with Gasteiger partial charge in [-0.2, -0.15) is 0 Å². The van der Waals surface area contributed by atoms with Crippen LogP contribution in [0.2, 0.25) is 0 Å². The molecule has 0 aromatic heterocycles. The molecule has 1 saturated carbocycles. The number of likely N-dealkylation sites (N-methyl/N-ethyl adjacent to an activating group) is 1. The van der Waals surface area contributed by atoms with Gasteiger partial charge in [0.2, 0.25) is 5.78 Å². The molecule has 0 heterocycles. The number of phenols is 2. The number of carbonyl (C=O) groups is 3. The molecule has 2 aromatic rings. The molecule has 0 aliphatic heterocycles. The number of methoxy groups -OCH3 is 1. The summed E-state index contributed by atoms with van der Waals surface area (Å²) < 4.78 is 11.7. The van der Waals surface area contributed by atoms with Gasteiger partial charge >= 0.3 is 0 Å². The molecule has 11 heteroatoms. The quantitative estimate of drug-likeness (QED) is 0.238. The minimum Gasteiger partial charge on any atom is -0.507 e. The molecule has 3 aliphatic carbocycles. The van der Waals surface area contributed by atoms with Gasteiger partial charge in [0.15, 0.2) is 11.6 Å². The zero-order valence-electron chi connectivity index (χ0n) is 22.4. The van der Waals surface area contributed by atoms with Crippen molar-refractivity contribution in [3.63, 3.8) is 0 Å². The normalized spacial score (nSPS) is 29.4. The first-order chi connectivity index (χ1) is 19.0. The summed E-state index contributed by atoms with van der Waals surface area (Å²) in [6.45, 7) is 0.884. The number of ketones is 3. The summed E-state index contributed by atoms with van der Waals surface area (Å²) in [5.74, 6) is -3.64. The molecular weight excluding hydrogens is 522 g/mol. The maximum absolute atomic E-state index is 13.7. The Kier molecular flexibility index (Phi) is 7.22. The maximum atomic E-state index is 13.7. The van der Waals surface area contributed by atoms with Gasteiger partial charge in [-0.05, 0) is 31.9 Å². The Bertz CT molecular complexity index is 1400. The molecule has 0 radical (unpaired) electrons. The summed E-state index contributed by atoms with van der Waals surface area (Å²) in [5, 5.41) is 57.5. The van der Waals surface area contributed by atoms with Crippen LogP contribution in [0.15, 0.2) is 18.2 Å². The van der Waals surface area contributed by atoms with Crippen molar-refractivity contribution in [1.29, 1.82) is 0 Å². The van der Waals surface area contributed by atoms with Crippen LogP contribution in [0.5, 0.6) is 17.2 Å². The van der Waals surface area contributed by atoms with Crippen LogP contribution in [0.4, 0.5) is 0 Å². The largest absolute Gasteiger partial charge is 0.507 e. The predicted octanol–water partition coefficient (Wildman–Crippen LogP) is 0.926. The van der Waals surface area contributed by atoms with Gasteiger partial charge in [-0.15, -0.1) is 0 Å². The van der Waals surface area contributed by atoms with Crippen LogP contribution in [0, 0.1) is 5.92 Å². The lowest BCUT2D eigenvalue weighted by atomic mass is 9.71. The van der Waals surface area contributed by atoms with Crippen LogP contribution < -0.4 is 10.1 Å². The SMILES string of the molecule is CN[C@@H]1C[C@H](OC2C[C@](O)(C(=O)CO)Cc3c(O)c4c(c(O)c32)C(=O)c2c(OC)cccc2C4=O)CC(C)[C@@H]1O. The molecule has 40 heavy (non-hydrogen) atoms. The fourth-order valence-electron chi connectivity index (χ4n) is 6.50. The molecule has 0 bridgehead atoms. The van der Waals surface area contributed by atoms with Gasteiger partial charge in [-0.3, -0.25) is 14.4 Å². The van der Waals surface area contributed by atoms with E-state index < -0.39 is 76.9 Å². The number of hydrogen-bond acceptors (Lipinski definition) is 11. The van der Waals surface area contributed by atoms with Crippen LogP contribution >= 0.6 is 0 Å². The maximum Gasteiger partial charge on any atom is 0.202 e. The van der Waals surface area contributed by atoms with Crippen molar-refractivity contribution in [3.05, 3.63) is 51.6 Å². The van der Waals surface area contributed by atoms with Gasteiger partial charge in [0.05, 0.1) is 42.1 Å². The van der Waals surface area contributed by atoms with Gasteiger partial charge in [0, 0.05) is 35.6 Å². The Morgan fingerprint density at radius 1 is 1.10 bits per heavy atom. The molecule has 214 valence electrons. The van der Waals surface area contributed by atoms with Gasteiger partial charge in [-0.1, -0.05) is 19.1 Å². The molecule has 1 fully saturated rings. The molecular formula is C29H33NO10. The van der Waals surface area contributed by atoms with Crippen LogP contribution in [0.25, 0.3) is 0 Å². The number of rotatable bonds is 6. The number of benzene rings is 2. The second-order valence-corrected chi connectivity index (χ2v) is 11.0. The Morgan fingerprint density at radius 2 is 1.80 bits per heavy atom. The van der Waals surface area contributed by atoms with E-state index in [1.165, 1.54) is 25.3 Å². The van der Waals surface area contributed by atoms with E-state index in [2.05, 4.69) is 5.32 Å². The molecule has 6 N–H and O–H groups in total. The molecule has 0 spiro atoms. The number of aliphatic hydroxyl groups excluding tert-OH is 2. The fraction of sp³-hybridized carbons (Fsp3) is 0.483. The number of carbonyl (C=O) groups excluding carboxylic acids is 3. The third kappa shape index (κ3) is 4.20. The Balaban J connectivity index is 1.68. The summed E-state index contributed by atoms with van der Waals surface area (Å²) in [6.07, 6.45) is -2.38. The smallest absolute Gasteiger partial charge is 0.202 e. The van der Waals surface area contributed by atoms with Crippen molar-refractivity contribution in [3.8, 4) is 17.2 Å². The first kappa shape index (κ1) is 28.2. The van der Waals surface area contributed by atoms with Gasteiger partial charge in [0.1, 0.15) is 29.5 Å². The second kappa shape index (κ2) is 10.2. The number of nitrogens with one attached hydrogen (secondary N) is 1. The molecule has 0 amide bonds. The lowest BCUT2D eigenvalue weighted by Gasteiger charge is -2.43. The van der Waals surface area contributed by atoms with Crippen molar-refractivity contribution in [2.75, 3.05) is 20.8 Å². The van der Waals surface area contributed by atoms with Gasteiger partial charge < -0.3 is 40.3 Å². The highest BCUT2D eigenvalue weighted by Crippen LogP contribution is 2.52. The topological polar surface area (TPSA) is 183 Å². The van der Waals surface area contributed by atoms with E-state index in [-0.39, 0.29) is 46.4 Å². The number of Topliss-reactive ketones (excluding diaryl/α,β-unsaturated/α-hetero) is 1. The van der Waals surface area contributed by atoms with E-state index in [1.807, 2.05) is 6.92 Å². The monoisotopic (exact) mass is 555 g/mol. The van der Waals surface area contributed by atoms with Crippen LogP contribution in [-0.4, -0.2) is 87.5 Å². The molecule has 2 aromatic carbocycles. The summed E-state index contributed by atoms with van der Waals surface area (Å²) in [7, 11) is 3.05. The summed E-state index contributed by atoms with van der Waals surface area (Å²) >= 11 is 0. The molecule has 3 aliphatic rings. The van der Waals surface area contributed by atoms with Crippen LogP contribution in [-0.2, 0) is 16.0 Å². The zero-order valence-corrected chi connectivity index (χ0v) is 22.4. The predicted molar refractivity (Wildman–Crippen MR) is 140 cm³/mol. The third-order valence-electron chi connectivity index (χ3n) is 8.61. The molecule has 2 unspecified atom stereocenters. The fourth-order valence-corrected chi connectivity index (χ4v) is 6.50. The highest BCUT2D eigenvalue weighted by atomic mass is 16.5. The molecule has 6 atom stereocenters. The van der Waals surface area contributed by atoms with Crippen LogP contribution in [0.1, 0.15) is 75.3 Å². The molecule has 5 rings (SSSR count). The van der Waals surface area contributed by atoms with E-state index in [4.69, 9.17) is 9.47 Å². The Hall–Kier alpha value is -3.35. The number of fused-ring (bicyclic) bond motifs is 3. The first-order valence-corrected chi connectivity index (χ1v) is 13.2. The van der Waals surface area contributed by atoms with E-state index in [0.29, 0.717) is 12.8 Å². The molecule has 0 saturated heterocycles. The average molecular weight is 556 g/mol. The number of aliphatic hydroxyl groups is 3. The van der Waals surface area contributed by atoms with E-state index in [0.717, 1.165) is 0 Å². The zero-order chi connectivity index (χ0) is 29.1. The Morgan fingerprint density at radius 3 is 2.45 bits per heavy atom. The summed E-state index contributed by atoms with van der Waals surface area (Å²) in [5.41, 5.74) is -3.22. The van der Waals surface area contributed by atoms with Crippen molar-refractivity contribution in [1.82, 2.24) is 5.32 Å². The summed E-state index contributed by atoms with van der Waals surface area (Å²) in [4.78, 5) is 40.0. The van der Waals surface area contributed by atoms with Crippen molar-refractivity contribution >= 4 is 17.3 Å². The molecule has 11 nitrogen and oxygen atoms in total. The minimum atomic E-state index is -2.17. The third-order valence-corrected chi connectivity index (χ3v) is 8.61. The number of hydrogen-bond donors (Lipinski definition) is 6. The first-order valence-electron chi connectivity index (χ1n) is 13.2. The van der Waals surface area contributed by atoms with E-state index in [9.17, 15) is 39.9 Å². The Labute approximate surface area is 230 Å². The minimum absolute atomic E-state index is 0.00838. The lowest BCUT2D eigenvalue weighted by Crippen LogP contribution is -2.51. The highest BCUT2D eigenvalue weighted by Gasteiger charge is 2.50. The van der Waals surface area contributed by atoms with Crippen LogP contribution in [0.3, 0.4) is 0 Å². The van der Waals surface area contributed by atoms with E-state index in [1.54, 1.807) is 7.05 Å². The highest BCUT2D eigenvalue weighted by molar-refractivity contribution is 6.31. The van der Waals surface area contributed by atoms with Gasteiger partial charge in [-0.25, -0.2) is 0 Å². The number of aromatic hydroxyl groups is 2. The van der Waals surface area contributed by atoms with Gasteiger partial charge in [0.25, 0.3) is 0 Å². The number of phenolic OH excluding ortho intramolecular Hbond substituents is 2. The summed E-state index contributed by atoms with van der Waals surface area (Å²) in [6, 6.07) is 4.13. The van der Waals surface area contributed by atoms with Crippen molar-refractivity contribution < 1.29 is 49.4 Å². The standard InChI is InChI=1S/C29H33NO10/c1-12-7-13(8-16(30-2)24(12)33)40-18-10-29(38,19(32)11-31)9-15-21(18)28(37)23-22(26(15)35)25(34)14-5-4-6-17(39-3)20(14)27(23)36/h4-6,12-13,16,18,24,30-31,33,35,37-38H,7-11H2,1-3H3/t12?,13-,16-,18?,24+,29+/m1/s1. The lowest BCUT2D eigenvalue weighted by molar-refractivity contribution is -0.151. The second-order valence-electron chi connectivity index (χ2n) is 11.0. The van der Waals surface area contributed by atoms with Crippen molar-refractivity contribution in [2.45, 2.75) is 62.6 Å². The van der Waals surface area contributed by atoms with Crippen molar-refractivity contribution in [2.24, 2.45) is 5.92 Å². The average Bonchev–Trinajstić information content (AvgIpc) is 2.94.